The zero-order valence-electron chi connectivity index (χ0n) is 17.4. The summed E-state index contributed by atoms with van der Waals surface area (Å²) in [5.74, 6) is -1.47. The summed E-state index contributed by atoms with van der Waals surface area (Å²) in [6.45, 7) is 3.26. The van der Waals surface area contributed by atoms with Gasteiger partial charge >= 0.3 is 6.03 Å². The lowest BCUT2D eigenvalue weighted by Gasteiger charge is -2.33. The molecule has 2 N–H and O–H groups in total. The third-order valence-electron chi connectivity index (χ3n) is 5.06. The Bertz CT molecular complexity index is 1040. The predicted octanol–water partition coefficient (Wildman–Crippen LogP) is 2.07. The number of sulfonamides is 1. The minimum Gasteiger partial charge on any atom is -0.334 e. The molecule has 11 heteroatoms. The summed E-state index contributed by atoms with van der Waals surface area (Å²) in [6.07, 6.45) is 2.65. The van der Waals surface area contributed by atoms with Gasteiger partial charge in [-0.15, -0.1) is 0 Å². The molecule has 0 bridgehead atoms. The van der Waals surface area contributed by atoms with Crippen molar-refractivity contribution in [3.8, 4) is 0 Å². The Morgan fingerprint density at radius 1 is 1.13 bits per heavy atom. The minimum absolute atomic E-state index is 0.220. The van der Waals surface area contributed by atoms with Gasteiger partial charge < -0.3 is 10.6 Å². The number of nitrogens with one attached hydrogen (secondary N) is 2. The van der Waals surface area contributed by atoms with E-state index >= 15 is 0 Å². The summed E-state index contributed by atoms with van der Waals surface area (Å²) in [5, 5.41) is 5.01. The number of hydrogen-bond acceptors (Lipinski definition) is 5. The van der Waals surface area contributed by atoms with E-state index in [0.29, 0.717) is 31.9 Å². The highest BCUT2D eigenvalue weighted by atomic mass is 32.2. The van der Waals surface area contributed by atoms with Crippen LogP contribution in [0.2, 0.25) is 0 Å². The van der Waals surface area contributed by atoms with Gasteiger partial charge in [0.05, 0.1) is 24.7 Å². The molecule has 1 aromatic carbocycles. The zero-order chi connectivity index (χ0) is 22.6. The molecule has 0 saturated carbocycles. The Hall–Kier alpha value is -2.63. The van der Waals surface area contributed by atoms with Gasteiger partial charge in [0.25, 0.3) is 0 Å². The van der Waals surface area contributed by atoms with Crippen molar-refractivity contribution in [1.82, 2.24) is 19.5 Å². The SMILES string of the molecule is Cc1ccc(NC(=O)NCc2c(F)ccc(CN3CCN(S(C)(=O)=O)CC3)c2F)cn1. The van der Waals surface area contributed by atoms with Gasteiger partial charge in [0, 0.05) is 49.5 Å². The fourth-order valence-corrected chi connectivity index (χ4v) is 4.10. The number of hydrogen-bond donors (Lipinski definition) is 2. The van der Waals surface area contributed by atoms with Crippen LogP contribution < -0.4 is 10.6 Å². The van der Waals surface area contributed by atoms with Crippen LogP contribution in [0.1, 0.15) is 16.8 Å². The van der Waals surface area contributed by atoms with Crippen LogP contribution in [0.4, 0.5) is 19.3 Å². The van der Waals surface area contributed by atoms with Crippen molar-refractivity contribution in [2.45, 2.75) is 20.0 Å². The van der Waals surface area contributed by atoms with Gasteiger partial charge in [-0.05, 0) is 25.1 Å². The lowest BCUT2D eigenvalue weighted by Crippen LogP contribution is -2.47. The molecule has 0 radical (unpaired) electrons. The number of amides is 2. The van der Waals surface area contributed by atoms with Crippen LogP contribution >= 0.6 is 0 Å². The number of rotatable bonds is 6. The number of aryl methyl sites for hydroxylation is 1. The Morgan fingerprint density at radius 2 is 1.84 bits per heavy atom. The van der Waals surface area contributed by atoms with E-state index in [1.807, 2.05) is 11.8 Å². The van der Waals surface area contributed by atoms with E-state index in [-0.39, 0.29) is 24.2 Å². The number of benzene rings is 1. The summed E-state index contributed by atoms with van der Waals surface area (Å²) in [6, 6.07) is 5.34. The molecule has 8 nitrogen and oxygen atoms in total. The molecule has 1 saturated heterocycles. The quantitative estimate of drug-likeness (QED) is 0.698. The standard InChI is InChI=1S/C20H25F2N5O3S/c1-14-3-5-16(11-23-14)25-20(28)24-12-17-18(21)6-4-15(19(17)22)13-26-7-9-27(10-8-26)31(2,29)30/h3-6,11H,7-10,12-13H2,1-2H3,(H2,24,25,28). The summed E-state index contributed by atoms with van der Waals surface area (Å²) < 4.78 is 53.7. The molecule has 1 aliphatic rings. The van der Waals surface area contributed by atoms with Crippen LogP contribution in [0.3, 0.4) is 0 Å². The molecule has 1 aliphatic heterocycles. The number of carbonyl (C=O) groups is 1. The Kier molecular flexibility index (Phi) is 7.19. The number of anilines is 1. The molecule has 1 fully saturated rings. The smallest absolute Gasteiger partial charge is 0.319 e. The zero-order valence-corrected chi connectivity index (χ0v) is 18.2. The monoisotopic (exact) mass is 453 g/mol. The van der Waals surface area contributed by atoms with E-state index in [9.17, 15) is 22.0 Å². The maximum Gasteiger partial charge on any atom is 0.319 e. The second-order valence-corrected chi connectivity index (χ2v) is 9.42. The van der Waals surface area contributed by atoms with Gasteiger partial charge in [-0.25, -0.2) is 22.0 Å². The van der Waals surface area contributed by atoms with Crippen molar-refractivity contribution in [2.75, 3.05) is 37.8 Å². The third-order valence-corrected chi connectivity index (χ3v) is 6.36. The third kappa shape index (κ3) is 6.18. The predicted molar refractivity (Wildman–Crippen MR) is 113 cm³/mol. The van der Waals surface area contributed by atoms with Gasteiger partial charge in [0.2, 0.25) is 10.0 Å². The van der Waals surface area contributed by atoms with E-state index in [4.69, 9.17) is 0 Å². The molecule has 0 spiro atoms. The first kappa shape index (κ1) is 23.0. The van der Waals surface area contributed by atoms with E-state index in [1.165, 1.54) is 22.6 Å². The Morgan fingerprint density at radius 3 is 2.45 bits per heavy atom. The summed E-state index contributed by atoms with van der Waals surface area (Å²) in [4.78, 5) is 18.0. The highest BCUT2D eigenvalue weighted by molar-refractivity contribution is 7.88. The topological polar surface area (TPSA) is 94.6 Å². The number of nitrogens with zero attached hydrogens (tertiary/aromatic N) is 3. The Balaban J connectivity index is 1.60. The van der Waals surface area contributed by atoms with Crippen LogP contribution in [0, 0.1) is 18.6 Å². The highest BCUT2D eigenvalue weighted by Gasteiger charge is 2.24. The van der Waals surface area contributed by atoms with Crippen LogP contribution in [0.25, 0.3) is 0 Å². The van der Waals surface area contributed by atoms with Gasteiger partial charge in [-0.1, -0.05) is 6.07 Å². The average molecular weight is 454 g/mol. The maximum atomic E-state index is 14.9. The fourth-order valence-electron chi connectivity index (χ4n) is 3.28. The molecule has 31 heavy (non-hydrogen) atoms. The number of halogens is 2. The molecule has 3 rings (SSSR count). The molecule has 168 valence electrons. The fraction of sp³-hybridized carbons (Fsp3) is 0.400. The normalized spacial score (nSPS) is 15.6. The van der Waals surface area contributed by atoms with E-state index in [1.54, 1.807) is 12.1 Å². The summed E-state index contributed by atoms with van der Waals surface area (Å²) in [5.41, 5.74) is 1.31. The van der Waals surface area contributed by atoms with Crippen molar-refractivity contribution < 1.29 is 22.0 Å². The number of piperazine rings is 1. The molecule has 1 aromatic heterocycles. The van der Waals surface area contributed by atoms with Crippen molar-refractivity contribution >= 4 is 21.7 Å². The molecular weight excluding hydrogens is 428 g/mol. The second-order valence-electron chi connectivity index (χ2n) is 7.43. The Labute approximate surface area is 180 Å². The lowest BCUT2D eigenvalue weighted by atomic mass is 10.1. The van der Waals surface area contributed by atoms with E-state index < -0.39 is 27.7 Å². The van der Waals surface area contributed by atoms with Crippen LogP contribution in [-0.2, 0) is 23.1 Å². The van der Waals surface area contributed by atoms with Crippen molar-refractivity contribution in [1.29, 1.82) is 0 Å². The molecule has 2 aromatic rings. The molecule has 0 unspecified atom stereocenters. The number of aromatic nitrogens is 1. The highest BCUT2D eigenvalue weighted by Crippen LogP contribution is 2.20. The van der Waals surface area contributed by atoms with Crippen molar-refractivity contribution in [3.05, 3.63) is 58.9 Å². The van der Waals surface area contributed by atoms with Gasteiger partial charge in [-0.2, -0.15) is 4.31 Å². The number of carbonyl (C=O) groups excluding carboxylic acids is 1. The first-order valence-corrected chi connectivity index (χ1v) is 11.6. The minimum atomic E-state index is -3.25. The summed E-state index contributed by atoms with van der Waals surface area (Å²) in [7, 11) is -3.25. The first-order valence-electron chi connectivity index (χ1n) is 9.74. The van der Waals surface area contributed by atoms with E-state index in [2.05, 4.69) is 15.6 Å². The molecule has 2 amide bonds. The molecule has 0 atom stereocenters. The molecule has 0 aliphatic carbocycles. The lowest BCUT2D eigenvalue weighted by molar-refractivity contribution is 0.180. The van der Waals surface area contributed by atoms with Crippen LogP contribution in [0.15, 0.2) is 30.5 Å². The van der Waals surface area contributed by atoms with Crippen molar-refractivity contribution in [2.24, 2.45) is 0 Å². The molecule has 2 heterocycles. The van der Waals surface area contributed by atoms with Gasteiger partial charge in [-0.3, -0.25) is 9.88 Å². The number of urea groups is 1. The largest absolute Gasteiger partial charge is 0.334 e. The van der Waals surface area contributed by atoms with Crippen molar-refractivity contribution in [3.63, 3.8) is 0 Å². The van der Waals surface area contributed by atoms with Gasteiger partial charge in [0.1, 0.15) is 11.6 Å². The first-order chi connectivity index (χ1) is 14.6. The second kappa shape index (κ2) is 9.67. The number of pyridine rings is 1. The van der Waals surface area contributed by atoms with Crippen LogP contribution in [0.5, 0.6) is 0 Å². The van der Waals surface area contributed by atoms with Crippen LogP contribution in [-0.4, -0.2) is 61.1 Å². The molecular formula is C20H25F2N5O3S. The maximum absolute atomic E-state index is 14.9. The van der Waals surface area contributed by atoms with E-state index in [0.717, 1.165) is 11.9 Å². The van der Waals surface area contributed by atoms with Gasteiger partial charge in [0.15, 0.2) is 0 Å². The summed E-state index contributed by atoms with van der Waals surface area (Å²) >= 11 is 0. The average Bonchev–Trinajstić information content (AvgIpc) is 2.71.